The first-order chi connectivity index (χ1) is 9.52. The van der Waals surface area contributed by atoms with E-state index in [2.05, 4.69) is 80.8 Å². The van der Waals surface area contributed by atoms with E-state index in [1.165, 1.54) is 0 Å². The highest BCUT2D eigenvalue weighted by atomic mass is 31.2. The van der Waals surface area contributed by atoms with Crippen molar-refractivity contribution < 1.29 is 9.26 Å². The maximum atomic E-state index is 6.46. The lowest BCUT2D eigenvalue weighted by molar-refractivity contribution is -0.0588. The van der Waals surface area contributed by atoms with Gasteiger partial charge in [0.05, 0.1) is 18.3 Å². The molecule has 4 heteroatoms. The van der Waals surface area contributed by atoms with Gasteiger partial charge in [0.1, 0.15) is 0 Å². The monoisotopic (exact) mass is 348 g/mol. The standard InChI is InChI=1S/C18H38O2P2/c1-13-14(2)19-16(15(13)20-22(10,11)12)17(3,4)18(5,6)21(7,8)9/h13-16H,7,10H2,1-6,8-9,11-12H3/t13?,14?,15?,16-/m0/s1. The molecule has 1 heterocycles. The van der Waals surface area contributed by atoms with Crippen molar-refractivity contribution in [2.75, 3.05) is 26.7 Å². The lowest BCUT2D eigenvalue weighted by Gasteiger charge is -2.52. The Kier molecular flexibility index (Phi) is 5.71. The highest BCUT2D eigenvalue weighted by Crippen LogP contribution is 2.62. The molecule has 1 aliphatic heterocycles. The largest absolute Gasteiger partial charge is 0.372 e. The topological polar surface area (TPSA) is 18.5 Å². The summed E-state index contributed by atoms with van der Waals surface area (Å²) >= 11 is 0. The summed E-state index contributed by atoms with van der Waals surface area (Å²) in [4.78, 5) is 0. The van der Waals surface area contributed by atoms with Crippen LogP contribution in [0.5, 0.6) is 0 Å². The third kappa shape index (κ3) is 3.77. The minimum atomic E-state index is -1.57. The van der Waals surface area contributed by atoms with Crippen molar-refractivity contribution in [2.45, 2.75) is 65.0 Å². The van der Waals surface area contributed by atoms with Gasteiger partial charge in [0.15, 0.2) is 0 Å². The van der Waals surface area contributed by atoms with Crippen molar-refractivity contribution in [1.29, 1.82) is 0 Å². The first kappa shape index (κ1) is 20.6. The Labute approximate surface area is 139 Å². The van der Waals surface area contributed by atoms with Gasteiger partial charge in [-0.2, -0.15) is 0 Å². The molecule has 0 aromatic heterocycles. The van der Waals surface area contributed by atoms with E-state index in [0.717, 1.165) is 0 Å². The summed E-state index contributed by atoms with van der Waals surface area (Å²) in [5.74, 6) is 0.396. The van der Waals surface area contributed by atoms with Crippen LogP contribution in [0.4, 0.5) is 0 Å². The van der Waals surface area contributed by atoms with E-state index in [-0.39, 0.29) is 28.9 Å². The summed E-state index contributed by atoms with van der Waals surface area (Å²) in [7, 11) is -1.57. The summed E-state index contributed by atoms with van der Waals surface area (Å²) in [5, 5.41) is 0.111. The summed E-state index contributed by atoms with van der Waals surface area (Å²) in [6, 6.07) is 0. The quantitative estimate of drug-likeness (QED) is 0.656. The Hall–Kier alpha value is 0.520. The highest BCUT2D eigenvalue weighted by Gasteiger charge is 2.55. The van der Waals surface area contributed by atoms with Crippen LogP contribution in [0.2, 0.25) is 0 Å². The van der Waals surface area contributed by atoms with Crippen molar-refractivity contribution in [3.63, 3.8) is 0 Å². The van der Waals surface area contributed by atoms with Crippen molar-refractivity contribution in [1.82, 2.24) is 0 Å². The van der Waals surface area contributed by atoms with Crippen LogP contribution < -0.4 is 0 Å². The number of rotatable bonds is 5. The second-order valence-electron chi connectivity index (χ2n) is 9.23. The van der Waals surface area contributed by atoms with Gasteiger partial charge in [-0.3, -0.25) is 0 Å². The molecule has 1 saturated heterocycles. The maximum absolute atomic E-state index is 6.46. The zero-order valence-electron chi connectivity index (χ0n) is 16.4. The third-order valence-electron chi connectivity index (χ3n) is 6.13. The van der Waals surface area contributed by atoms with Crippen molar-refractivity contribution >= 4 is 26.6 Å². The average Bonchev–Trinajstić information content (AvgIpc) is 2.54. The summed E-state index contributed by atoms with van der Waals surface area (Å²) in [6.07, 6.45) is 9.21. The molecule has 1 rings (SSSR count). The van der Waals surface area contributed by atoms with E-state index in [9.17, 15) is 0 Å². The fourth-order valence-electron chi connectivity index (χ4n) is 3.17. The Bertz CT molecular complexity index is 495. The van der Waals surface area contributed by atoms with Gasteiger partial charge in [-0.1, -0.05) is 40.9 Å². The molecular weight excluding hydrogens is 310 g/mol. The smallest absolute Gasteiger partial charge is 0.0933 e. The normalized spacial score (nSPS) is 31.5. The van der Waals surface area contributed by atoms with Crippen LogP contribution in [0.3, 0.4) is 0 Å². The minimum absolute atomic E-state index is 0.00904. The van der Waals surface area contributed by atoms with Crippen LogP contribution in [-0.2, 0) is 9.26 Å². The van der Waals surface area contributed by atoms with Crippen LogP contribution in [0.25, 0.3) is 0 Å². The molecule has 4 atom stereocenters. The second-order valence-corrected chi connectivity index (χ2v) is 17.1. The molecule has 0 aromatic carbocycles. The van der Waals surface area contributed by atoms with Crippen molar-refractivity contribution in [2.24, 2.45) is 11.3 Å². The molecule has 0 saturated carbocycles. The predicted octanol–water partition coefficient (Wildman–Crippen LogP) is 4.93. The molecule has 132 valence electrons. The Balaban J connectivity index is 3.26. The van der Waals surface area contributed by atoms with Crippen LogP contribution in [0, 0.1) is 11.3 Å². The van der Waals surface area contributed by atoms with Crippen LogP contribution >= 0.6 is 14.0 Å². The minimum Gasteiger partial charge on any atom is -0.372 e. The number of hydrogen-bond donors (Lipinski definition) is 0. The average molecular weight is 348 g/mol. The lowest BCUT2D eigenvalue weighted by atomic mass is 9.72. The molecule has 1 aliphatic rings. The van der Waals surface area contributed by atoms with E-state index < -0.39 is 14.0 Å². The van der Waals surface area contributed by atoms with Crippen LogP contribution in [0.15, 0.2) is 0 Å². The molecular formula is C18H38O2P2. The van der Waals surface area contributed by atoms with Gasteiger partial charge in [-0.05, 0) is 45.9 Å². The van der Waals surface area contributed by atoms with E-state index in [4.69, 9.17) is 9.26 Å². The molecule has 0 spiro atoms. The third-order valence-corrected chi connectivity index (χ3v) is 10.5. The fraction of sp³-hybridized carbons (Fsp3) is 0.889. The zero-order valence-corrected chi connectivity index (χ0v) is 18.2. The van der Waals surface area contributed by atoms with Gasteiger partial charge in [-0.15, -0.1) is 13.2 Å². The van der Waals surface area contributed by atoms with Crippen molar-refractivity contribution in [3.8, 4) is 0 Å². The number of ether oxygens (including phenoxy) is 1. The van der Waals surface area contributed by atoms with E-state index >= 15 is 0 Å². The Morgan fingerprint density at radius 1 is 0.955 bits per heavy atom. The van der Waals surface area contributed by atoms with Gasteiger partial charge in [-0.25, -0.2) is 0 Å². The first-order valence-electron chi connectivity index (χ1n) is 8.23. The van der Waals surface area contributed by atoms with Gasteiger partial charge in [0.2, 0.25) is 0 Å². The molecule has 3 unspecified atom stereocenters. The summed E-state index contributed by atoms with van der Waals surface area (Å²) in [5.41, 5.74) is -0.00904. The summed E-state index contributed by atoms with van der Waals surface area (Å²) < 4.78 is 12.9. The molecule has 0 N–H and O–H groups in total. The van der Waals surface area contributed by atoms with Gasteiger partial charge in [0.25, 0.3) is 0 Å². The molecule has 0 aromatic rings. The first-order valence-corrected chi connectivity index (χ1v) is 13.9. The van der Waals surface area contributed by atoms with Gasteiger partial charge < -0.3 is 9.26 Å². The number of hydrogen-bond acceptors (Lipinski definition) is 2. The Morgan fingerprint density at radius 2 is 1.41 bits per heavy atom. The molecule has 0 bridgehead atoms. The maximum Gasteiger partial charge on any atom is 0.0933 e. The van der Waals surface area contributed by atoms with Crippen LogP contribution in [-0.4, -0.2) is 62.7 Å². The molecule has 2 nitrogen and oxygen atoms in total. The zero-order chi connectivity index (χ0) is 17.7. The lowest BCUT2D eigenvalue weighted by Crippen LogP contribution is -2.51. The summed E-state index contributed by atoms with van der Waals surface area (Å²) in [6.45, 7) is 21.4. The van der Waals surface area contributed by atoms with E-state index in [0.29, 0.717) is 5.92 Å². The van der Waals surface area contributed by atoms with E-state index in [1.807, 2.05) is 0 Å². The predicted molar refractivity (Wildman–Crippen MR) is 108 cm³/mol. The SMILES string of the molecule is C=P(C)(C)OC1C(C)C(C)O[C@@H]1C(C)(C)C(C)(C)P(=C)(C)C. The molecule has 0 aliphatic carbocycles. The van der Waals surface area contributed by atoms with E-state index in [1.54, 1.807) is 0 Å². The Morgan fingerprint density at radius 3 is 1.77 bits per heavy atom. The molecule has 0 amide bonds. The van der Waals surface area contributed by atoms with Crippen LogP contribution in [0.1, 0.15) is 41.5 Å². The van der Waals surface area contributed by atoms with Crippen molar-refractivity contribution in [3.05, 3.63) is 0 Å². The molecule has 22 heavy (non-hydrogen) atoms. The fourth-order valence-corrected chi connectivity index (χ4v) is 5.81. The second kappa shape index (κ2) is 6.11. The highest BCUT2D eigenvalue weighted by molar-refractivity contribution is 7.73. The van der Waals surface area contributed by atoms with Gasteiger partial charge in [0, 0.05) is 11.3 Å². The molecule has 1 fully saturated rings. The van der Waals surface area contributed by atoms with Gasteiger partial charge >= 0.3 is 0 Å². The molecule has 0 radical (unpaired) electrons.